The molecule has 0 fully saturated rings. The van der Waals surface area contributed by atoms with E-state index in [4.69, 9.17) is 13.9 Å². The number of hydrogen-bond acceptors (Lipinski definition) is 4. The van der Waals surface area contributed by atoms with E-state index in [0.717, 1.165) is 49.0 Å². The number of nitrogens with zero attached hydrogens (tertiary/aromatic N) is 1. The Morgan fingerprint density at radius 3 is 2.78 bits per heavy atom. The minimum absolute atomic E-state index is 0. The average molecular weight is 487 g/mol. The fourth-order valence-electron chi connectivity index (χ4n) is 2.32. The first-order chi connectivity index (χ1) is 12.8. The fraction of sp³-hybridized carbons (Fsp3) is 0.450. The Labute approximate surface area is 178 Å². The number of furan rings is 1. The van der Waals surface area contributed by atoms with Crippen molar-refractivity contribution in [2.75, 3.05) is 26.8 Å². The molecular weight excluding hydrogens is 457 g/mol. The van der Waals surface area contributed by atoms with E-state index in [9.17, 15) is 0 Å². The van der Waals surface area contributed by atoms with E-state index in [2.05, 4.69) is 34.7 Å². The number of guanidine groups is 1. The van der Waals surface area contributed by atoms with Gasteiger partial charge >= 0.3 is 0 Å². The van der Waals surface area contributed by atoms with Crippen molar-refractivity contribution in [1.29, 1.82) is 0 Å². The molecule has 0 bridgehead atoms. The SMILES string of the molecule is CCCOc1cccc(CNC(=NC)NCCCOCc2ccco2)c1.I. The van der Waals surface area contributed by atoms with E-state index < -0.39 is 0 Å². The lowest BCUT2D eigenvalue weighted by molar-refractivity contribution is 0.105. The second-order valence-electron chi connectivity index (χ2n) is 5.83. The lowest BCUT2D eigenvalue weighted by Gasteiger charge is -2.13. The highest BCUT2D eigenvalue weighted by atomic mass is 127. The Morgan fingerprint density at radius 1 is 1.15 bits per heavy atom. The molecule has 1 heterocycles. The molecule has 27 heavy (non-hydrogen) atoms. The van der Waals surface area contributed by atoms with Gasteiger partial charge in [0, 0.05) is 26.7 Å². The number of benzene rings is 1. The van der Waals surface area contributed by atoms with Gasteiger partial charge in [0.15, 0.2) is 5.96 Å². The van der Waals surface area contributed by atoms with Crippen molar-refractivity contribution in [2.45, 2.75) is 32.9 Å². The van der Waals surface area contributed by atoms with Crippen molar-refractivity contribution >= 4 is 29.9 Å². The van der Waals surface area contributed by atoms with Crippen molar-refractivity contribution in [3.63, 3.8) is 0 Å². The summed E-state index contributed by atoms with van der Waals surface area (Å²) in [5, 5.41) is 6.60. The van der Waals surface area contributed by atoms with Crippen molar-refractivity contribution in [1.82, 2.24) is 10.6 Å². The third kappa shape index (κ3) is 9.67. The van der Waals surface area contributed by atoms with Crippen LogP contribution in [0.15, 0.2) is 52.1 Å². The minimum atomic E-state index is 0. The lowest BCUT2D eigenvalue weighted by Crippen LogP contribution is -2.37. The van der Waals surface area contributed by atoms with Crippen molar-refractivity contribution in [3.05, 3.63) is 54.0 Å². The molecule has 0 aliphatic carbocycles. The van der Waals surface area contributed by atoms with Gasteiger partial charge in [0.05, 0.1) is 12.9 Å². The Bertz CT molecular complexity index is 648. The van der Waals surface area contributed by atoms with Gasteiger partial charge in [-0.2, -0.15) is 0 Å². The molecule has 0 aliphatic heterocycles. The number of aliphatic imine (C=N–C) groups is 1. The largest absolute Gasteiger partial charge is 0.494 e. The predicted molar refractivity (Wildman–Crippen MR) is 119 cm³/mol. The summed E-state index contributed by atoms with van der Waals surface area (Å²) in [5.74, 6) is 2.53. The summed E-state index contributed by atoms with van der Waals surface area (Å²) < 4.78 is 16.4. The van der Waals surface area contributed by atoms with Crippen LogP contribution in [0.3, 0.4) is 0 Å². The lowest BCUT2D eigenvalue weighted by atomic mass is 10.2. The third-order valence-electron chi connectivity index (χ3n) is 3.64. The van der Waals surface area contributed by atoms with Gasteiger partial charge in [0.25, 0.3) is 0 Å². The molecule has 2 N–H and O–H groups in total. The van der Waals surface area contributed by atoms with Crippen LogP contribution in [0, 0.1) is 0 Å². The Hall–Kier alpha value is -1.74. The molecule has 0 saturated heterocycles. The number of ether oxygens (including phenoxy) is 2. The maximum atomic E-state index is 5.66. The quantitative estimate of drug-likeness (QED) is 0.218. The summed E-state index contributed by atoms with van der Waals surface area (Å²) in [7, 11) is 1.77. The molecule has 0 spiro atoms. The highest BCUT2D eigenvalue weighted by molar-refractivity contribution is 14.0. The molecular formula is C20H30IN3O3. The Kier molecular flexibility index (Phi) is 12.4. The standard InChI is InChI=1S/C20H29N3O3.HI/c1-3-11-25-18-8-4-7-17(14-18)15-23-20(21-2)22-10-6-12-24-16-19-9-5-13-26-19;/h4-5,7-9,13-14H,3,6,10-12,15-16H2,1-2H3,(H2,21,22,23);1H. The summed E-state index contributed by atoms with van der Waals surface area (Å²) in [6.45, 7) is 5.50. The molecule has 0 unspecified atom stereocenters. The molecule has 2 rings (SSSR count). The van der Waals surface area contributed by atoms with Crippen LogP contribution in [-0.2, 0) is 17.9 Å². The molecule has 150 valence electrons. The van der Waals surface area contributed by atoms with Crippen LogP contribution >= 0.6 is 24.0 Å². The minimum Gasteiger partial charge on any atom is -0.494 e. The first-order valence-corrected chi connectivity index (χ1v) is 9.08. The summed E-state index contributed by atoms with van der Waals surface area (Å²) >= 11 is 0. The van der Waals surface area contributed by atoms with E-state index in [1.165, 1.54) is 0 Å². The molecule has 0 radical (unpaired) electrons. The van der Waals surface area contributed by atoms with Crippen LogP contribution in [0.4, 0.5) is 0 Å². The number of halogens is 1. The van der Waals surface area contributed by atoms with Crippen LogP contribution in [0.25, 0.3) is 0 Å². The number of hydrogen-bond donors (Lipinski definition) is 2. The Balaban J connectivity index is 0.00000364. The first kappa shape index (κ1) is 23.3. The van der Waals surface area contributed by atoms with E-state index >= 15 is 0 Å². The van der Waals surface area contributed by atoms with Gasteiger partial charge < -0.3 is 24.5 Å². The van der Waals surface area contributed by atoms with Crippen LogP contribution in [0.2, 0.25) is 0 Å². The van der Waals surface area contributed by atoms with Gasteiger partial charge in [-0.3, -0.25) is 4.99 Å². The predicted octanol–water partition coefficient (Wildman–Crippen LogP) is 3.96. The smallest absolute Gasteiger partial charge is 0.191 e. The van der Waals surface area contributed by atoms with Gasteiger partial charge in [0.1, 0.15) is 18.1 Å². The number of nitrogens with one attached hydrogen (secondary N) is 2. The fourth-order valence-corrected chi connectivity index (χ4v) is 2.32. The van der Waals surface area contributed by atoms with Crippen LogP contribution in [0.5, 0.6) is 5.75 Å². The van der Waals surface area contributed by atoms with E-state index in [1.54, 1.807) is 13.3 Å². The van der Waals surface area contributed by atoms with Gasteiger partial charge in [0.2, 0.25) is 0 Å². The first-order valence-electron chi connectivity index (χ1n) is 9.08. The summed E-state index contributed by atoms with van der Waals surface area (Å²) in [6, 6.07) is 11.9. The Morgan fingerprint density at radius 2 is 2.04 bits per heavy atom. The molecule has 1 aromatic heterocycles. The molecule has 0 amide bonds. The van der Waals surface area contributed by atoms with Crippen molar-refractivity contribution in [2.24, 2.45) is 4.99 Å². The molecule has 7 heteroatoms. The highest BCUT2D eigenvalue weighted by Gasteiger charge is 2.01. The summed E-state index contributed by atoms with van der Waals surface area (Å²) in [6.07, 6.45) is 3.55. The molecule has 1 aromatic carbocycles. The maximum absolute atomic E-state index is 5.66. The summed E-state index contributed by atoms with van der Waals surface area (Å²) in [5.41, 5.74) is 1.16. The molecule has 0 atom stereocenters. The van der Waals surface area contributed by atoms with Gasteiger partial charge in [-0.25, -0.2) is 0 Å². The van der Waals surface area contributed by atoms with Crippen LogP contribution in [0.1, 0.15) is 31.1 Å². The van der Waals surface area contributed by atoms with E-state index in [-0.39, 0.29) is 24.0 Å². The third-order valence-corrected chi connectivity index (χ3v) is 3.64. The van der Waals surface area contributed by atoms with Gasteiger partial charge in [-0.15, -0.1) is 24.0 Å². The zero-order valence-electron chi connectivity index (χ0n) is 16.1. The molecule has 0 aliphatic rings. The second kappa shape index (κ2) is 14.3. The highest BCUT2D eigenvalue weighted by Crippen LogP contribution is 2.13. The van der Waals surface area contributed by atoms with Gasteiger partial charge in [-0.05, 0) is 42.7 Å². The normalized spacial score (nSPS) is 11.0. The van der Waals surface area contributed by atoms with E-state index in [0.29, 0.717) is 19.8 Å². The van der Waals surface area contributed by atoms with Crippen LogP contribution in [-0.4, -0.2) is 32.8 Å². The molecule has 2 aromatic rings. The maximum Gasteiger partial charge on any atom is 0.191 e. The number of rotatable bonds is 11. The van der Waals surface area contributed by atoms with Gasteiger partial charge in [-0.1, -0.05) is 19.1 Å². The average Bonchev–Trinajstić information content (AvgIpc) is 3.19. The molecule has 6 nitrogen and oxygen atoms in total. The van der Waals surface area contributed by atoms with Crippen molar-refractivity contribution < 1.29 is 13.9 Å². The monoisotopic (exact) mass is 487 g/mol. The van der Waals surface area contributed by atoms with E-state index in [1.807, 2.05) is 24.3 Å². The second-order valence-corrected chi connectivity index (χ2v) is 5.83. The van der Waals surface area contributed by atoms with Crippen molar-refractivity contribution in [3.8, 4) is 5.75 Å². The topological polar surface area (TPSA) is 68.0 Å². The van der Waals surface area contributed by atoms with Crippen LogP contribution < -0.4 is 15.4 Å². The zero-order valence-corrected chi connectivity index (χ0v) is 18.4. The summed E-state index contributed by atoms with van der Waals surface area (Å²) in [4.78, 5) is 4.24. The molecule has 0 saturated carbocycles. The zero-order chi connectivity index (χ0) is 18.5.